The molecule has 0 amide bonds. The summed E-state index contributed by atoms with van der Waals surface area (Å²) < 4.78 is 5.46. The maximum absolute atomic E-state index is 10.2. The van der Waals surface area contributed by atoms with Crippen LogP contribution >= 0.6 is 0 Å². The average Bonchev–Trinajstić information content (AvgIpc) is 2.73. The van der Waals surface area contributed by atoms with Crippen LogP contribution in [0.15, 0.2) is 18.2 Å². The first-order valence-electron chi connectivity index (χ1n) is 6.03. The molecule has 0 aromatic heterocycles. The van der Waals surface area contributed by atoms with E-state index in [1.807, 2.05) is 12.1 Å². The highest BCUT2D eigenvalue weighted by molar-refractivity contribution is 5.40. The number of hydrogen-bond acceptors (Lipinski definition) is 2. The van der Waals surface area contributed by atoms with E-state index in [0.717, 1.165) is 24.3 Å². The van der Waals surface area contributed by atoms with Crippen molar-refractivity contribution in [1.29, 1.82) is 0 Å². The lowest BCUT2D eigenvalue weighted by molar-refractivity contribution is 0.0920. The molecule has 1 N–H and O–H groups in total. The lowest BCUT2D eigenvalue weighted by Crippen LogP contribution is -2.15. The van der Waals surface area contributed by atoms with E-state index in [1.165, 1.54) is 5.56 Å². The zero-order valence-electron chi connectivity index (χ0n) is 10.2. The molecule has 0 aliphatic carbocycles. The Morgan fingerprint density at radius 3 is 2.69 bits per heavy atom. The SMILES string of the molecule is CC(C)C(C)C(O)c1ccc2c(c1)CCO2. The highest BCUT2D eigenvalue weighted by atomic mass is 16.5. The molecule has 2 nitrogen and oxygen atoms in total. The van der Waals surface area contributed by atoms with Crippen molar-refractivity contribution in [2.24, 2.45) is 11.8 Å². The monoisotopic (exact) mass is 220 g/mol. The van der Waals surface area contributed by atoms with E-state index in [-0.39, 0.29) is 12.0 Å². The molecular formula is C14H20O2. The van der Waals surface area contributed by atoms with Crippen molar-refractivity contribution >= 4 is 0 Å². The molecule has 0 bridgehead atoms. The number of benzene rings is 1. The summed E-state index contributed by atoms with van der Waals surface area (Å²) in [7, 11) is 0. The highest BCUT2D eigenvalue weighted by Crippen LogP contribution is 2.32. The summed E-state index contributed by atoms with van der Waals surface area (Å²) in [6.45, 7) is 7.16. The Labute approximate surface area is 97.3 Å². The largest absolute Gasteiger partial charge is 0.493 e. The van der Waals surface area contributed by atoms with Gasteiger partial charge in [-0.2, -0.15) is 0 Å². The molecule has 88 valence electrons. The Balaban J connectivity index is 2.21. The van der Waals surface area contributed by atoms with Crippen LogP contribution in [0, 0.1) is 11.8 Å². The zero-order chi connectivity index (χ0) is 11.7. The fraction of sp³-hybridized carbons (Fsp3) is 0.571. The van der Waals surface area contributed by atoms with Crippen LogP contribution in [-0.2, 0) is 6.42 Å². The van der Waals surface area contributed by atoms with E-state index >= 15 is 0 Å². The number of aliphatic hydroxyl groups is 1. The molecule has 0 spiro atoms. The van der Waals surface area contributed by atoms with Crippen molar-refractivity contribution in [3.05, 3.63) is 29.3 Å². The fourth-order valence-electron chi connectivity index (χ4n) is 2.06. The normalized spacial score (nSPS) is 18.1. The zero-order valence-corrected chi connectivity index (χ0v) is 10.2. The Bertz CT molecular complexity index is 371. The Hall–Kier alpha value is -1.02. The standard InChI is InChI=1S/C14H20O2/c1-9(2)10(3)14(15)12-4-5-13-11(8-12)6-7-16-13/h4-5,8-10,14-15H,6-7H2,1-3H3. The summed E-state index contributed by atoms with van der Waals surface area (Å²) >= 11 is 0. The molecule has 1 aliphatic rings. The van der Waals surface area contributed by atoms with E-state index in [2.05, 4.69) is 26.8 Å². The predicted octanol–water partition coefficient (Wildman–Crippen LogP) is 2.95. The summed E-state index contributed by atoms with van der Waals surface area (Å²) in [6, 6.07) is 6.05. The van der Waals surface area contributed by atoms with Gasteiger partial charge in [-0.15, -0.1) is 0 Å². The second-order valence-electron chi connectivity index (χ2n) is 5.01. The minimum Gasteiger partial charge on any atom is -0.493 e. The lowest BCUT2D eigenvalue weighted by Gasteiger charge is -2.22. The van der Waals surface area contributed by atoms with Crippen LogP contribution in [0.25, 0.3) is 0 Å². The van der Waals surface area contributed by atoms with E-state index in [4.69, 9.17) is 4.74 Å². The van der Waals surface area contributed by atoms with Gasteiger partial charge >= 0.3 is 0 Å². The van der Waals surface area contributed by atoms with Gasteiger partial charge < -0.3 is 9.84 Å². The van der Waals surface area contributed by atoms with Gasteiger partial charge in [0.25, 0.3) is 0 Å². The van der Waals surface area contributed by atoms with Crippen molar-refractivity contribution in [3.8, 4) is 5.75 Å². The summed E-state index contributed by atoms with van der Waals surface area (Å²) in [5, 5.41) is 10.2. The van der Waals surface area contributed by atoms with Gasteiger partial charge in [0.2, 0.25) is 0 Å². The van der Waals surface area contributed by atoms with Gasteiger partial charge in [0.1, 0.15) is 5.75 Å². The van der Waals surface area contributed by atoms with Crippen LogP contribution in [0.3, 0.4) is 0 Å². The molecule has 0 fully saturated rings. The smallest absolute Gasteiger partial charge is 0.122 e. The van der Waals surface area contributed by atoms with Crippen LogP contribution in [0.5, 0.6) is 5.75 Å². The topological polar surface area (TPSA) is 29.5 Å². The molecule has 2 rings (SSSR count). The van der Waals surface area contributed by atoms with Gasteiger partial charge in [-0.05, 0) is 35.1 Å². The number of hydrogen-bond donors (Lipinski definition) is 1. The number of ether oxygens (including phenoxy) is 1. The quantitative estimate of drug-likeness (QED) is 0.848. The summed E-state index contributed by atoms with van der Waals surface area (Å²) in [5.41, 5.74) is 2.25. The molecule has 2 heteroatoms. The second kappa shape index (κ2) is 4.46. The van der Waals surface area contributed by atoms with Crippen molar-refractivity contribution in [1.82, 2.24) is 0 Å². The maximum Gasteiger partial charge on any atom is 0.122 e. The van der Waals surface area contributed by atoms with Crippen LogP contribution < -0.4 is 4.74 Å². The van der Waals surface area contributed by atoms with Crippen LogP contribution in [0.1, 0.15) is 38.0 Å². The number of fused-ring (bicyclic) bond motifs is 1. The van der Waals surface area contributed by atoms with Crippen molar-refractivity contribution < 1.29 is 9.84 Å². The second-order valence-corrected chi connectivity index (χ2v) is 5.01. The highest BCUT2D eigenvalue weighted by Gasteiger charge is 2.21. The number of rotatable bonds is 3. The van der Waals surface area contributed by atoms with E-state index in [0.29, 0.717) is 5.92 Å². The molecule has 1 heterocycles. The van der Waals surface area contributed by atoms with Crippen molar-refractivity contribution in [2.75, 3.05) is 6.61 Å². The molecule has 0 radical (unpaired) electrons. The van der Waals surface area contributed by atoms with E-state index in [9.17, 15) is 5.11 Å². The molecule has 1 aliphatic heterocycles. The van der Waals surface area contributed by atoms with Gasteiger partial charge in [0.15, 0.2) is 0 Å². The van der Waals surface area contributed by atoms with Crippen LogP contribution in [0.4, 0.5) is 0 Å². The third kappa shape index (κ3) is 2.07. The minimum absolute atomic E-state index is 0.278. The first kappa shape index (κ1) is 11.5. The van der Waals surface area contributed by atoms with Crippen LogP contribution in [-0.4, -0.2) is 11.7 Å². The van der Waals surface area contributed by atoms with E-state index in [1.54, 1.807) is 0 Å². The lowest BCUT2D eigenvalue weighted by atomic mass is 9.87. The van der Waals surface area contributed by atoms with Crippen molar-refractivity contribution in [3.63, 3.8) is 0 Å². The minimum atomic E-state index is -0.370. The van der Waals surface area contributed by atoms with Gasteiger partial charge in [0, 0.05) is 6.42 Å². The summed E-state index contributed by atoms with van der Waals surface area (Å²) in [6.07, 6.45) is 0.595. The molecule has 2 unspecified atom stereocenters. The van der Waals surface area contributed by atoms with Crippen molar-refractivity contribution in [2.45, 2.75) is 33.3 Å². The number of aliphatic hydroxyl groups excluding tert-OH is 1. The third-order valence-electron chi connectivity index (χ3n) is 3.60. The Morgan fingerprint density at radius 1 is 1.25 bits per heavy atom. The van der Waals surface area contributed by atoms with Gasteiger partial charge in [-0.3, -0.25) is 0 Å². The van der Waals surface area contributed by atoms with Gasteiger partial charge in [-0.25, -0.2) is 0 Å². The molecule has 0 saturated heterocycles. The van der Waals surface area contributed by atoms with Crippen LogP contribution in [0.2, 0.25) is 0 Å². The average molecular weight is 220 g/mol. The van der Waals surface area contributed by atoms with Gasteiger partial charge in [-0.1, -0.05) is 26.8 Å². The molecule has 0 saturated carbocycles. The molecule has 1 aromatic rings. The first-order valence-corrected chi connectivity index (χ1v) is 6.03. The predicted molar refractivity (Wildman–Crippen MR) is 64.6 cm³/mol. The van der Waals surface area contributed by atoms with E-state index < -0.39 is 0 Å². The fourth-order valence-corrected chi connectivity index (χ4v) is 2.06. The first-order chi connectivity index (χ1) is 7.59. The maximum atomic E-state index is 10.2. The summed E-state index contributed by atoms with van der Waals surface area (Å²) in [4.78, 5) is 0. The third-order valence-corrected chi connectivity index (χ3v) is 3.60. The molecule has 2 atom stereocenters. The Kier molecular flexibility index (Phi) is 3.20. The molecular weight excluding hydrogens is 200 g/mol. The molecule has 1 aromatic carbocycles. The molecule has 16 heavy (non-hydrogen) atoms. The van der Waals surface area contributed by atoms with Gasteiger partial charge in [0.05, 0.1) is 12.7 Å². The summed E-state index contributed by atoms with van der Waals surface area (Å²) in [5.74, 6) is 1.74. The Morgan fingerprint density at radius 2 is 2.00 bits per heavy atom.